The molecule has 1 aromatic rings. The summed E-state index contributed by atoms with van der Waals surface area (Å²) >= 11 is 3.72. The third-order valence-corrected chi connectivity index (χ3v) is 4.92. The van der Waals surface area contributed by atoms with Crippen LogP contribution in [-0.4, -0.2) is 36.6 Å². The van der Waals surface area contributed by atoms with Crippen LogP contribution in [0.5, 0.6) is 0 Å². The molecule has 2 rings (SSSR count). The van der Waals surface area contributed by atoms with Gasteiger partial charge in [-0.05, 0) is 48.7 Å². The van der Waals surface area contributed by atoms with Gasteiger partial charge >= 0.3 is 0 Å². The van der Waals surface area contributed by atoms with E-state index in [2.05, 4.69) is 33.3 Å². The smallest absolute Gasteiger partial charge is 0.0766 e. The molecule has 108 valence electrons. The van der Waals surface area contributed by atoms with Crippen molar-refractivity contribution in [2.24, 2.45) is 12.5 Å². The largest absolute Gasteiger partial charge is 0.381 e. The standard InChI is InChI=1S/C14H24BrN3O/c1-4-11-13(15)12(18(3)17-11)8-14(9-16-2)6-5-7-19-10-14/h16H,4-10H2,1-3H3. The van der Waals surface area contributed by atoms with Gasteiger partial charge in [-0.15, -0.1) is 0 Å². The van der Waals surface area contributed by atoms with Crippen molar-refractivity contribution in [1.82, 2.24) is 15.1 Å². The topological polar surface area (TPSA) is 39.1 Å². The maximum absolute atomic E-state index is 5.74. The van der Waals surface area contributed by atoms with Crippen molar-refractivity contribution in [3.63, 3.8) is 0 Å². The maximum atomic E-state index is 5.74. The summed E-state index contributed by atoms with van der Waals surface area (Å²) in [5, 5.41) is 7.93. The molecule has 2 heterocycles. The molecular formula is C14H24BrN3O. The van der Waals surface area contributed by atoms with Crippen molar-refractivity contribution < 1.29 is 4.74 Å². The van der Waals surface area contributed by atoms with E-state index < -0.39 is 0 Å². The number of aryl methyl sites for hydroxylation is 2. The van der Waals surface area contributed by atoms with E-state index in [0.29, 0.717) is 0 Å². The van der Waals surface area contributed by atoms with Crippen molar-refractivity contribution >= 4 is 15.9 Å². The average molecular weight is 330 g/mol. The van der Waals surface area contributed by atoms with Crippen LogP contribution in [0.4, 0.5) is 0 Å². The van der Waals surface area contributed by atoms with Gasteiger partial charge < -0.3 is 10.1 Å². The van der Waals surface area contributed by atoms with Gasteiger partial charge in [-0.1, -0.05) is 6.92 Å². The first-order valence-corrected chi connectivity index (χ1v) is 7.84. The molecule has 0 radical (unpaired) electrons. The van der Waals surface area contributed by atoms with Crippen LogP contribution in [0.1, 0.15) is 31.2 Å². The van der Waals surface area contributed by atoms with Crippen LogP contribution in [0.2, 0.25) is 0 Å². The maximum Gasteiger partial charge on any atom is 0.0766 e. The fourth-order valence-corrected chi connectivity index (χ4v) is 3.75. The Labute approximate surface area is 124 Å². The van der Waals surface area contributed by atoms with Gasteiger partial charge in [0.2, 0.25) is 0 Å². The minimum Gasteiger partial charge on any atom is -0.381 e. The number of hydrogen-bond donors (Lipinski definition) is 1. The molecule has 1 saturated heterocycles. The zero-order valence-corrected chi connectivity index (χ0v) is 13.7. The fraction of sp³-hybridized carbons (Fsp3) is 0.786. The summed E-state index contributed by atoms with van der Waals surface area (Å²) in [6.07, 6.45) is 4.34. The molecule has 5 heteroatoms. The van der Waals surface area contributed by atoms with Crippen molar-refractivity contribution in [3.05, 3.63) is 15.9 Å². The van der Waals surface area contributed by atoms with E-state index in [0.717, 1.165) is 44.7 Å². The van der Waals surface area contributed by atoms with Gasteiger partial charge in [0.05, 0.1) is 22.5 Å². The summed E-state index contributed by atoms with van der Waals surface area (Å²) in [7, 11) is 4.06. The normalized spacial score (nSPS) is 23.8. The van der Waals surface area contributed by atoms with Crippen LogP contribution in [0, 0.1) is 5.41 Å². The molecule has 1 aliphatic heterocycles. The highest BCUT2D eigenvalue weighted by molar-refractivity contribution is 9.10. The molecule has 1 atom stereocenters. The Morgan fingerprint density at radius 2 is 2.32 bits per heavy atom. The highest BCUT2D eigenvalue weighted by Crippen LogP contribution is 2.35. The monoisotopic (exact) mass is 329 g/mol. The van der Waals surface area contributed by atoms with Crippen LogP contribution in [0.25, 0.3) is 0 Å². The molecule has 0 aromatic carbocycles. The predicted octanol–water partition coefficient (Wildman–Crippen LogP) is 2.30. The summed E-state index contributed by atoms with van der Waals surface area (Å²) < 4.78 is 8.94. The third kappa shape index (κ3) is 3.20. The first-order valence-electron chi connectivity index (χ1n) is 7.04. The lowest BCUT2D eigenvalue weighted by atomic mass is 9.78. The van der Waals surface area contributed by atoms with Gasteiger partial charge in [0, 0.05) is 25.6 Å². The van der Waals surface area contributed by atoms with Crippen LogP contribution in [0.15, 0.2) is 4.47 Å². The van der Waals surface area contributed by atoms with E-state index in [1.54, 1.807) is 0 Å². The number of halogens is 1. The van der Waals surface area contributed by atoms with Crippen LogP contribution >= 0.6 is 15.9 Å². The second-order valence-corrected chi connectivity index (χ2v) is 6.34. The van der Waals surface area contributed by atoms with Crippen molar-refractivity contribution in [1.29, 1.82) is 0 Å². The Bertz CT molecular complexity index is 419. The molecule has 1 aromatic heterocycles. The SMILES string of the molecule is CCc1nn(C)c(CC2(CNC)CCCOC2)c1Br. The Balaban J connectivity index is 2.23. The second-order valence-electron chi connectivity index (χ2n) is 5.55. The molecule has 19 heavy (non-hydrogen) atoms. The number of nitrogens with one attached hydrogen (secondary N) is 1. The molecule has 1 unspecified atom stereocenters. The summed E-state index contributed by atoms with van der Waals surface area (Å²) in [5.74, 6) is 0. The molecule has 4 nitrogen and oxygen atoms in total. The third-order valence-electron chi connectivity index (χ3n) is 4.00. The Hall–Kier alpha value is -0.390. The van der Waals surface area contributed by atoms with Crippen LogP contribution in [-0.2, 0) is 24.6 Å². The van der Waals surface area contributed by atoms with Crippen molar-refractivity contribution in [3.8, 4) is 0 Å². The highest BCUT2D eigenvalue weighted by Gasteiger charge is 2.34. The lowest BCUT2D eigenvalue weighted by Gasteiger charge is -2.37. The van der Waals surface area contributed by atoms with Gasteiger partial charge in [0.15, 0.2) is 0 Å². The molecule has 0 amide bonds. The lowest BCUT2D eigenvalue weighted by molar-refractivity contribution is -0.00722. The van der Waals surface area contributed by atoms with Gasteiger partial charge in [-0.3, -0.25) is 4.68 Å². The summed E-state index contributed by atoms with van der Waals surface area (Å²) in [5.41, 5.74) is 2.64. The van der Waals surface area contributed by atoms with Gasteiger partial charge in [0.25, 0.3) is 0 Å². The Morgan fingerprint density at radius 1 is 1.53 bits per heavy atom. The zero-order chi connectivity index (χ0) is 13.9. The fourth-order valence-electron chi connectivity index (χ4n) is 2.99. The predicted molar refractivity (Wildman–Crippen MR) is 80.4 cm³/mol. The molecule has 1 aliphatic rings. The minimum absolute atomic E-state index is 0.203. The molecule has 0 aliphatic carbocycles. The molecule has 1 N–H and O–H groups in total. The number of hydrogen-bond acceptors (Lipinski definition) is 3. The highest BCUT2D eigenvalue weighted by atomic mass is 79.9. The van der Waals surface area contributed by atoms with E-state index >= 15 is 0 Å². The summed E-state index contributed by atoms with van der Waals surface area (Å²) in [6, 6.07) is 0. The van der Waals surface area contributed by atoms with Gasteiger partial charge in [-0.2, -0.15) is 5.10 Å². The Kier molecular flexibility index (Phi) is 5.03. The molecular weight excluding hydrogens is 306 g/mol. The van der Waals surface area contributed by atoms with Crippen LogP contribution in [0.3, 0.4) is 0 Å². The molecule has 0 bridgehead atoms. The number of aromatic nitrogens is 2. The van der Waals surface area contributed by atoms with E-state index in [4.69, 9.17) is 4.74 Å². The first kappa shape index (κ1) is 15.0. The Morgan fingerprint density at radius 3 is 2.84 bits per heavy atom. The minimum atomic E-state index is 0.203. The van der Waals surface area contributed by atoms with E-state index in [1.165, 1.54) is 16.6 Å². The van der Waals surface area contributed by atoms with E-state index in [9.17, 15) is 0 Å². The first-order chi connectivity index (χ1) is 9.12. The number of nitrogens with zero attached hydrogens (tertiary/aromatic N) is 2. The summed E-state index contributed by atoms with van der Waals surface area (Å²) in [4.78, 5) is 0. The quantitative estimate of drug-likeness (QED) is 0.900. The molecule has 0 saturated carbocycles. The van der Waals surface area contributed by atoms with Gasteiger partial charge in [-0.25, -0.2) is 0 Å². The lowest BCUT2D eigenvalue weighted by Crippen LogP contribution is -2.42. The van der Waals surface area contributed by atoms with Gasteiger partial charge in [0.1, 0.15) is 0 Å². The second kappa shape index (κ2) is 6.37. The summed E-state index contributed by atoms with van der Waals surface area (Å²) in [6.45, 7) is 4.88. The average Bonchev–Trinajstić information content (AvgIpc) is 2.67. The van der Waals surface area contributed by atoms with Crippen LogP contribution < -0.4 is 5.32 Å². The van der Waals surface area contributed by atoms with Crippen molar-refractivity contribution in [2.75, 3.05) is 26.8 Å². The van der Waals surface area contributed by atoms with E-state index in [1.807, 2.05) is 18.8 Å². The number of ether oxygens (including phenoxy) is 1. The zero-order valence-electron chi connectivity index (χ0n) is 12.1. The van der Waals surface area contributed by atoms with Crippen molar-refractivity contribution in [2.45, 2.75) is 32.6 Å². The van der Waals surface area contributed by atoms with E-state index in [-0.39, 0.29) is 5.41 Å². The molecule has 1 fully saturated rings. The number of rotatable bonds is 5. The molecule has 0 spiro atoms.